The Bertz CT molecular complexity index is 1080. The molecule has 0 aliphatic rings. The van der Waals surface area contributed by atoms with Gasteiger partial charge in [0, 0.05) is 6.20 Å². The quantitative estimate of drug-likeness (QED) is 0.716. The molecular formula is C19H17N3O5. The predicted octanol–water partition coefficient (Wildman–Crippen LogP) is 1.80. The lowest BCUT2D eigenvalue weighted by molar-refractivity contribution is 0.102. The Hall–Kier alpha value is -3.81. The third-order valence-corrected chi connectivity index (χ3v) is 3.91. The van der Waals surface area contributed by atoms with Crippen molar-refractivity contribution in [2.75, 3.05) is 19.5 Å². The van der Waals surface area contributed by atoms with Crippen molar-refractivity contribution >= 4 is 11.6 Å². The molecule has 0 bridgehead atoms. The molecule has 1 aromatic heterocycles. The molecule has 8 heteroatoms. The molecule has 0 saturated carbocycles. The number of hydrogen-bond acceptors (Lipinski definition) is 5. The summed E-state index contributed by atoms with van der Waals surface area (Å²) in [6, 6.07) is 13.1. The number of para-hydroxylation sites is 2. The van der Waals surface area contributed by atoms with Gasteiger partial charge in [0.05, 0.1) is 25.6 Å². The summed E-state index contributed by atoms with van der Waals surface area (Å²) >= 11 is 0. The Morgan fingerprint density at radius 1 is 1.00 bits per heavy atom. The Kier molecular flexibility index (Phi) is 5.07. The van der Waals surface area contributed by atoms with Crippen LogP contribution in [0.5, 0.6) is 11.5 Å². The number of H-pyrrole nitrogens is 1. The smallest absolute Gasteiger partial charge is 0.333 e. The van der Waals surface area contributed by atoms with Crippen molar-refractivity contribution in [3.63, 3.8) is 0 Å². The van der Waals surface area contributed by atoms with E-state index in [0.29, 0.717) is 22.9 Å². The summed E-state index contributed by atoms with van der Waals surface area (Å²) < 4.78 is 11.1. The van der Waals surface area contributed by atoms with Gasteiger partial charge in [0.25, 0.3) is 11.5 Å². The lowest BCUT2D eigenvalue weighted by Crippen LogP contribution is -2.38. The third-order valence-electron chi connectivity index (χ3n) is 3.91. The van der Waals surface area contributed by atoms with E-state index in [9.17, 15) is 14.4 Å². The normalized spacial score (nSPS) is 10.3. The van der Waals surface area contributed by atoms with Crippen LogP contribution in [0, 0.1) is 0 Å². The molecule has 138 valence electrons. The van der Waals surface area contributed by atoms with Gasteiger partial charge >= 0.3 is 5.69 Å². The first-order valence-corrected chi connectivity index (χ1v) is 7.98. The van der Waals surface area contributed by atoms with Crippen LogP contribution in [0.1, 0.15) is 10.4 Å². The van der Waals surface area contributed by atoms with E-state index in [0.717, 1.165) is 10.8 Å². The molecule has 0 unspecified atom stereocenters. The summed E-state index contributed by atoms with van der Waals surface area (Å²) in [4.78, 5) is 39.9. The van der Waals surface area contributed by atoms with E-state index < -0.39 is 17.2 Å². The highest BCUT2D eigenvalue weighted by Gasteiger charge is 2.17. The number of benzene rings is 2. The fraction of sp³-hybridized carbons (Fsp3) is 0.105. The number of aromatic amines is 1. The number of nitrogens with one attached hydrogen (secondary N) is 2. The van der Waals surface area contributed by atoms with Crippen LogP contribution in [0.3, 0.4) is 0 Å². The van der Waals surface area contributed by atoms with Gasteiger partial charge in [-0.15, -0.1) is 0 Å². The molecule has 2 N–H and O–H groups in total. The number of hydrogen-bond donors (Lipinski definition) is 2. The summed E-state index contributed by atoms with van der Waals surface area (Å²) in [7, 11) is 2.98. The monoisotopic (exact) mass is 367 g/mol. The maximum Gasteiger partial charge on any atom is 0.333 e. The number of rotatable bonds is 5. The second-order valence-electron chi connectivity index (χ2n) is 5.50. The van der Waals surface area contributed by atoms with Crippen LogP contribution >= 0.6 is 0 Å². The van der Waals surface area contributed by atoms with E-state index in [1.54, 1.807) is 48.5 Å². The molecule has 0 spiro atoms. The number of carbonyl (C=O) groups excluding carboxylic acids is 1. The fourth-order valence-electron chi connectivity index (χ4n) is 2.54. The van der Waals surface area contributed by atoms with Gasteiger partial charge in [-0.2, -0.15) is 0 Å². The van der Waals surface area contributed by atoms with Crippen LogP contribution in [0.25, 0.3) is 5.69 Å². The van der Waals surface area contributed by atoms with Crippen LogP contribution in [0.2, 0.25) is 0 Å². The van der Waals surface area contributed by atoms with Crippen LogP contribution in [-0.4, -0.2) is 29.7 Å². The number of nitrogens with zero attached hydrogens (tertiary/aromatic N) is 1. The summed E-state index contributed by atoms with van der Waals surface area (Å²) in [5.74, 6) is 0.363. The highest BCUT2D eigenvalue weighted by Crippen LogP contribution is 2.23. The average Bonchev–Trinajstić information content (AvgIpc) is 2.69. The zero-order valence-electron chi connectivity index (χ0n) is 14.7. The molecule has 3 rings (SSSR count). The number of ether oxygens (including phenoxy) is 2. The standard InChI is InChI=1S/C19H17N3O5/c1-26-13-9-7-12(8-10-13)22-18(24)14(11-20-19(22)25)17(23)21-15-5-3-4-6-16(15)27-2/h3-11H,1-2H3,(H,20,25)(H,21,23). The Labute approximate surface area is 154 Å². The van der Waals surface area contributed by atoms with Crippen LogP contribution in [0.4, 0.5) is 5.69 Å². The molecule has 0 radical (unpaired) electrons. The highest BCUT2D eigenvalue weighted by molar-refractivity contribution is 6.04. The maximum atomic E-state index is 12.8. The van der Waals surface area contributed by atoms with E-state index in [1.807, 2.05) is 0 Å². The number of methoxy groups -OCH3 is 2. The third kappa shape index (κ3) is 3.59. The van der Waals surface area contributed by atoms with Crippen LogP contribution in [0.15, 0.2) is 64.3 Å². The molecule has 0 fully saturated rings. The van der Waals surface area contributed by atoms with Crippen molar-refractivity contribution < 1.29 is 14.3 Å². The van der Waals surface area contributed by atoms with Gasteiger partial charge in [-0.3, -0.25) is 9.59 Å². The molecule has 0 atom stereocenters. The van der Waals surface area contributed by atoms with Crippen LogP contribution in [-0.2, 0) is 0 Å². The van der Waals surface area contributed by atoms with Crippen molar-refractivity contribution in [3.05, 3.63) is 81.1 Å². The van der Waals surface area contributed by atoms with Gasteiger partial charge in [0.1, 0.15) is 17.1 Å². The Balaban J connectivity index is 2.00. The summed E-state index contributed by atoms with van der Waals surface area (Å²) in [5.41, 5.74) is -0.882. The molecule has 0 aliphatic carbocycles. The van der Waals surface area contributed by atoms with Crippen molar-refractivity contribution in [2.45, 2.75) is 0 Å². The second kappa shape index (κ2) is 7.61. The van der Waals surface area contributed by atoms with Gasteiger partial charge in [-0.05, 0) is 36.4 Å². The predicted molar refractivity (Wildman–Crippen MR) is 100 cm³/mol. The van der Waals surface area contributed by atoms with Gasteiger partial charge in [0.2, 0.25) is 0 Å². The van der Waals surface area contributed by atoms with Gasteiger partial charge in [-0.25, -0.2) is 9.36 Å². The molecule has 3 aromatic rings. The number of anilines is 1. The largest absolute Gasteiger partial charge is 0.497 e. The van der Waals surface area contributed by atoms with Gasteiger partial charge in [0.15, 0.2) is 0 Å². The first-order valence-electron chi connectivity index (χ1n) is 7.98. The molecule has 27 heavy (non-hydrogen) atoms. The second-order valence-corrected chi connectivity index (χ2v) is 5.50. The average molecular weight is 367 g/mol. The van der Waals surface area contributed by atoms with E-state index in [1.165, 1.54) is 14.2 Å². The van der Waals surface area contributed by atoms with E-state index in [-0.39, 0.29) is 5.56 Å². The highest BCUT2D eigenvalue weighted by atomic mass is 16.5. The number of carbonyl (C=O) groups is 1. The SMILES string of the molecule is COc1ccc(-n2c(=O)[nH]cc(C(=O)Nc3ccccc3OC)c2=O)cc1. The number of amides is 1. The zero-order chi connectivity index (χ0) is 19.4. The minimum Gasteiger partial charge on any atom is -0.497 e. The first kappa shape index (κ1) is 18.0. The lowest BCUT2D eigenvalue weighted by Gasteiger charge is -2.11. The zero-order valence-corrected chi connectivity index (χ0v) is 14.7. The molecule has 0 saturated heterocycles. The van der Waals surface area contributed by atoms with Crippen molar-refractivity contribution in [3.8, 4) is 17.2 Å². The van der Waals surface area contributed by atoms with Gasteiger partial charge < -0.3 is 19.8 Å². The minimum absolute atomic E-state index is 0.212. The van der Waals surface area contributed by atoms with Crippen molar-refractivity contribution in [1.82, 2.24) is 9.55 Å². The van der Waals surface area contributed by atoms with Crippen LogP contribution < -0.4 is 26.0 Å². The molecule has 0 aliphatic heterocycles. The topological polar surface area (TPSA) is 102 Å². The Morgan fingerprint density at radius 2 is 1.70 bits per heavy atom. The van der Waals surface area contributed by atoms with E-state index in [4.69, 9.17) is 9.47 Å². The Morgan fingerprint density at radius 3 is 2.37 bits per heavy atom. The fourth-order valence-corrected chi connectivity index (χ4v) is 2.54. The van der Waals surface area contributed by atoms with Gasteiger partial charge in [-0.1, -0.05) is 12.1 Å². The van der Waals surface area contributed by atoms with E-state index in [2.05, 4.69) is 10.3 Å². The molecule has 1 heterocycles. The molecular weight excluding hydrogens is 350 g/mol. The molecule has 8 nitrogen and oxygen atoms in total. The molecule has 2 aromatic carbocycles. The van der Waals surface area contributed by atoms with Crippen molar-refractivity contribution in [1.29, 1.82) is 0 Å². The first-order chi connectivity index (χ1) is 13.0. The summed E-state index contributed by atoms with van der Waals surface area (Å²) in [6.07, 6.45) is 1.09. The van der Waals surface area contributed by atoms with E-state index >= 15 is 0 Å². The summed E-state index contributed by atoms with van der Waals surface area (Å²) in [5, 5.41) is 2.62. The maximum absolute atomic E-state index is 12.8. The lowest BCUT2D eigenvalue weighted by atomic mass is 10.2. The summed E-state index contributed by atoms with van der Waals surface area (Å²) in [6.45, 7) is 0. The van der Waals surface area contributed by atoms with Crippen molar-refractivity contribution in [2.24, 2.45) is 0 Å². The number of aromatic nitrogens is 2. The molecule has 1 amide bonds. The minimum atomic E-state index is -0.740.